The van der Waals surface area contributed by atoms with Crippen molar-refractivity contribution in [3.8, 4) is 0 Å². The molecular weight excluding hydrogens is 288 g/mol. The first-order valence-electron chi connectivity index (χ1n) is 6.72. The van der Waals surface area contributed by atoms with E-state index in [0.29, 0.717) is 0 Å². The first-order chi connectivity index (χ1) is 9.86. The molecule has 2 rings (SSSR count). The smallest absolute Gasteiger partial charge is 0.238 e. The summed E-state index contributed by atoms with van der Waals surface area (Å²) in [6.45, 7) is 4.88. The summed E-state index contributed by atoms with van der Waals surface area (Å²) in [7, 11) is -3.63. The molecule has 0 radical (unpaired) electrons. The highest BCUT2D eigenvalue weighted by Crippen LogP contribution is 2.16. The molecule has 2 aromatic rings. The van der Waals surface area contributed by atoms with Crippen LogP contribution in [0.15, 0.2) is 47.6 Å². The third kappa shape index (κ3) is 4.38. The maximum atomic E-state index is 11.2. The normalized spacial score (nSPS) is 14.8. The van der Waals surface area contributed by atoms with Crippen LogP contribution in [0, 0.1) is 0 Å². The summed E-state index contributed by atoms with van der Waals surface area (Å²) in [5, 5.41) is 12.7. The van der Waals surface area contributed by atoms with Crippen molar-refractivity contribution in [2.75, 3.05) is 0 Å². The summed E-state index contributed by atoms with van der Waals surface area (Å²) in [6.07, 6.45) is 3.67. The first kappa shape index (κ1) is 15.7. The van der Waals surface area contributed by atoms with Crippen LogP contribution in [-0.2, 0) is 16.6 Å². The fourth-order valence-electron chi connectivity index (χ4n) is 2.21. The number of nitrogens with two attached hydrogens (primary N) is 1. The molecule has 0 aliphatic carbocycles. The van der Waals surface area contributed by atoms with E-state index in [1.54, 1.807) is 18.3 Å². The Morgan fingerprint density at radius 3 is 2.48 bits per heavy atom. The van der Waals surface area contributed by atoms with Gasteiger partial charge in [-0.05, 0) is 37.6 Å². The van der Waals surface area contributed by atoms with Gasteiger partial charge in [0.1, 0.15) is 0 Å². The van der Waals surface area contributed by atoms with Crippen LogP contribution in [0.4, 0.5) is 0 Å². The Labute approximate surface area is 125 Å². The minimum absolute atomic E-state index is 0.102. The van der Waals surface area contributed by atoms with Gasteiger partial charge in [-0.2, -0.15) is 5.10 Å². The SMILES string of the molecule is CC(Cn1cccn1)NC(C)c1ccc(S(N)(=O)=O)cc1. The molecule has 0 aliphatic rings. The number of sulfonamides is 1. The lowest BCUT2D eigenvalue weighted by Crippen LogP contribution is -2.32. The second-order valence-electron chi connectivity index (χ2n) is 5.13. The molecule has 0 fully saturated rings. The van der Waals surface area contributed by atoms with Gasteiger partial charge in [0.2, 0.25) is 10.0 Å². The Hall–Kier alpha value is -1.70. The average Bonchev–Trinajstić information content (AvgIpc) is 2.90. The van der Waals surface area contributed by atoms with Gasteiger partial charge in [-0.3, -0.25) is 4.68 Å². The highest BCUT2D eigenvalue weighted by Gasteiger charge is 2.12. The standard InChI is InChI=1S/C14H20N4O2S/c1-11(10-18-9-3-8-16-18)17-12(2)13-4-6-14(7-5-13)21(15,19)20/h3-9,11-12,17H,10H2,1-2H3,(H2,15,19,20). The molecule has 3 N–H and O–H groups in total. The van der Waals surface area contributed by atoms with Crippen molar-refractivity contribution in [2.24, 2.45) is 5.14 Å². The molecular formula is C14H20N4O2S. The van der Waals surface area contributed by atoms with Gasteiger partial charge < -0.3 is 5.32 Å². The van der Waals surface area contributed by atoms with Gasteiger partial charge in [0.05, 0.1) is 11.4 Å². The molecule has 114 valence electrons. The van der Waals surface area contributed by atoms with E-state index in [9.17, 15) is 8.42 Å². The fourth-order valence-corrected chi connectivity index (χ4v) is 2.73. The summed E-state index contributed by atoms with van der Waals surface area (Å²) < 4.78 is 24.3. The van der Waals surface area contributed by atoms with Gasteiger partial charge in [0.15, 0.2) is 0 Å². The minimum Gasteiger partial charge on any atom is -0.306 e. The predicted molar refractivity (Wildman–Crippen MR) is 81.1 cm³/mol. The maximum absolute atomic E-state index is 11.2. The van der Waals surface area contributed by atoms with Crippen molar-refractivity contribution >= 4 is 10.0 Å². The predicted octanol–water partition coefficient (Wildman–Crippen LogP) is 1.27. The Balaban J connectivity index is 1.98. The Bertz CT molecular complexity index is 666. The Morgan fingerprint density at radius 2 is 1.95 bits per heavy atom. The van der Waals surface area contributed by atoms with Crippen molar-refractivity contribution in [1.29, 1.82) is 0 Å². The molecule has 21 heavy (non-hydrogen) atoms. The number of hydrogen-bond acceptors (Lipinski definition) is 4. The number of benzene rings is 1. The molecule has 0 saturated carbocycles. The number of nitrogens with one attached hydrogen (secondary N) is 1. The number of nitrogens with zero attached hydrogens (tertiary/aromatic N) is 2. The van der Waals surface area contributed by atoms with Crippen molar-refractivity contribution < 1.29 is 8.42 Å². The molecule has 6 nitrogen and oxygen atoms in total. The number of rotatable bonds is 6. The zero-order chi connectivity index (χ0) is 15.5. The van der Waals surface area contributed by atoms with Gasteiger partial charge in [-0.15, -0.1) is 0 Å². The fraction of sp³-hybridized carbons (Fsp3) is 0.357. The molecule has 7 heteroatoms. The third-order valence-electron chi connectivity index (χ3n) is 3.26. The average molecular weight is 308 g/mol. The number of hydrogen-bond donors (Lipinski definition) is 2. The second-order valence-corrected chi connectivity index (χ2v) is 6.69. The van der Waals surface area contributed by atoms with E-state index in [1.807, 2.05) is 23.9 Å². The van der Waals surface area contributed by atoms with Crippen LogP contribution < -0.4 is 10.5 Å². The monoisotopic (exact) mass is 308 g/mol. The molecule has 2 atom stereocenters. The lowest BCUT2D eigenvalue weighted by atomic mass is 10.1. The molecule has 1 aromatic carbocycles. The van der Waals surface area contributed by atoms with E-state index in [4.69, 9.17) is 5.14 Å². The van der Waals surface area contributed by atoms with E-state index in [0.717, 1.165) is 12.1 Å². The lowest BCUT2D eigenvalue weighted by Gasteiger charge is -2.20. The van der Waals surface area contributed by atoms with Gasteiger partial charge in [0.25, 0.3) is 0 Å². The maximum Gasteiger partial charge on any atom is 0.238 e. The van der Waals surface area contributed by atoms with E-state index in [-0.39, 0.29) is 17.0 Å². The molecule has 2 unspecified atom stereocenters. The van der Waals surface area contributed by atoms with Crippen LogP contribution in [0.1, 0.15) is 25.5 Å². The van der Waals surface area contributed by atoms with Gasteiger partial charge in [-0.25, -0.2) is 13.6 Å². The summed E-state index contributed by atoms with van der Waals surface area (Å²) in [5.41, 5.74) is 1.01. The van der Waals surface area contributed by atoms with E-state index < -0.39 is 10.0 Å². The highest BCUT2D eigenvalue weighted by atomic mass is 32.2. The zero-order valence-corrected chi connectivity index (χ0v) is 12.9. The highest BCUT2D eigenvalue weighted by molar-refractivity contribution is 7.89. The van der Waals surface area contributed by atoms with Crippen molar-refractivity contribution in [1.82, 2.24) is 15.1 Å². The molecule has 0 saturated heterocycles. The van der Waals surface area contributed by atoms with Gasteiger partial charge in [0, 0.05) is 24.5 Å². The molecule has 0 spiro atoms. The largest absolute Gasteiger partial charge is 0.306 e. The van der Waals surface area contributed by atoms with Crippen molar-refractivity contribution in [2.45, 2.75) is 37.4 Å². The second kappa shape index (κ2) is 6.38. The van der Waals surface area contributed by atoms with E-state index >= 15 is 0 Å². The van der Waals surface area contributed by atoms with Crippen LogP contribution in [0.2, 0.25) is 0 Å². The van der Waals surface area contributed by atoms with E-state index in [2.05, 4.69) is 17.3 Å². The van der Waals surface area contributed by atoms with Crippen LogP contribution in [-0.4, -0.2) is 24.2 Å². The topological polar surface area (TPSA) is 90.0 Å². The summed E-state index contributed by atoms with van der Waals surface area (Å²) >= 11 is 0. The van der Waals surface area contributed by atoms with Crippen LogP contribution in [0.3, 0.4) is 0 Å². The molecule has 0 bridgehead atoms. The molecule has 0 aliphatic heterocycles. The zero-order valence-electron chi connectivity index (χ0n) is 12.1. The van der Waals surface area contributed by atoms with Gasteiger partial charge >= 0.3 is 0 Å². The summed E-state index contributed by atoms with van der Waals surface area (Å²) in [5.74, 6) is 0. The van der Waals surface area contributed by atoms with Crippen molar-refractivity contribution in [3.63, 3.8) is 0 Å². The lowest BCUT2D eigenvalue weighted by molar-refractivity contribution is 0.413. The molecule has 0 amide bonds. The van der Waals surface area contributed by atoms with E-state index in [1.165, 1.54) is 12.1 Å². The third-order valence-corrected chi connectivity index (χ3v) is 4.19. The van der Waals surface area contributed by atoms with Crippen LogP contribution >= 0.6 is 0 Å². The molecule has 1 heterocycles. The molecule has 1 aromatic heterocycles. The summed E-state index contributed by atoms with van der Waals surface area (Å²) in [4.78, 5) is 0.128. The summed E-state index contributed by atoms with van der Waals surface area (Å²) in [6, 6.07) is 8.84. The van der Waals surface area contributed by atoms with Crippen molar-refractivity contribution in [3.05, 3.63) is 48.3 Å². The minimum atomic E-state index is -3.63. The van der Waals surface area contributed by atoms with Crippen LogP contribution in [0.25, 0.3) is 0 Å². The Kier molecular flexibility index (Phi) is 4.76. The van der Waals surface area contributed by atoms with Gasteiger partial charge in [-0.1, -0.05) is 12.1 Å². The number of primary sulfonamides is 1. The van der Waals surface area contributed by atoms with Crippen LogP contribution in [0.5, 0.6) is 0 Å². The first-order valence-corrected chi connectivity index (χ1v) is 8.27. The quantitative estimate of drug-likeness (QED) is 0.841. The Morgan fingerprint density at radius 1 is 1.29 bits per heavy atom. The number of aromatic nitrogens is 2.